The molecule has 0 saturated carbocycles. The number of halogens is 1. The molecule has 0 amide bonds. The van der Waals surface area contributed by atoms with Crippen molar-refractivity contribution < 1.29 is 9.47 Å². The minimum atomic E-state index is 0.325. The molecule has 0 atom stereocenters. The van der Waals surface area contributed by atoms with Crippen molar-refractivity contribution in [2.75, 3.05) is 11.2 Å². The van der Waals surface area contributed by atoms with Crippen molar-refractivity contribution in [3.05, 3.63) is 101 Å². The van der Waals surface area contributed by atoms with Crippen LogP contribution in [0.1, 0.15) is 27.8 Å². The van der Waals surface area contributed by atoms with E-state index >= 15 is 0 Å². The van der Waals surface area contributed by atoms with E-state index in [2.05, 4.69) is 97.1 Å². The molecule has 0 N–H and O–H groups in total. The first-order valence-electron chi connectivity index (χ1n) is 9.87. The van der Waals surface area contributed by atoms with E-state index in [0.29, 0.717) is 6.79 Å². The zero-order valence-electron chi connectivity index (χ0n) is 17.0. The molecule has 1 aliphatic heterocycles. The fourth-order valence-corrected chi connectivity index (χ4v) is 3.56. The lowest BCUT2D eigenvalue weighted by molar-refractivity contribution is 0.174. The highest BCUT2D eigenvalue weighted by molar-refractivity contribution is 14.1. The first-order chi connectivity index (χ1) is 14.1. The molecule has 0 unspecified atom stereocenters. The third-order valence-corrected chi connectivity index (χ3v) is 5.22. The van der Waals surface area contributed by atoms with Crippen LogP contribution in [0.3, 0.4) is 0 Å². The van der Waals surface area contributed by atoms with Crippen molar-refractivity contribution in [2.45, 2.75) is 26.7 Å². The zero-order chi connectivity index (χ0) is 20.5. The number of hydrogen-bond donors (Lipinski definition) is 0. The van der Waals surface area contributed by atoms with Gasteiger partial charge in [0, 0.05) is 4.43 Å². The van der Waals surface area contributed by atoms with E-state index in [4.69, 9.17) is 9.47 Å². The molecule has 0 spiro atoms. The molecule has 0 aromatic heterocycles. The smallest absolute Gasteiger partial charge is 0.231 e. The Balaban J connectivity index is 0.000000204. The van der Waals surface area contributed by atoms with Crippen molar-refractivity contribution in [3.63, 3.8) is 0 Å². The zero-order valence-corrected chi connectivity index (χ0v) is 19.2. The van der Waals surface area contributed by atoms with Gasteiger partial charge in [0.25, 0.3) is 0 Å². The van der Waals surface area contributed by atoms with Gasteiger partial charge in [0.05, 0.1) is 0 Å². The average molecular weight is 498 g/mol. The summed E-state index contributed by atoms with van der Waals surface area (Å²) < 4.78 is 11.9. The second-order valence-corrected chi connectivity index (χ2v) is 8.21. The Hall–Kier alpha value is -2.27. The molecule has 29 heavy (non-hydrogen) atoms. The Kier molecular flexibility index (Phi) is 8.17. The number of ether oxygens (including phenoxy) is 2. The summed E-state index contributed by atoms with van der Waals surface area (Å²) in [5, 5.41) is 0. The summed E-state index contributed by atoms with van der Waals surface area (Å²) in [6, 6.07) is 23.4. The molecule has 3 aromatic rings. The summed E-state index contributed by atoms with van der Waals surface area (Å²) in [5.74, 6) is 1.66. The van der Waals surface area contributed by atoms with Gasteiger partial charge in [-0.05, 0) is 55.5 Å². The van der Waals surface area contributed by atoms with Crippen molar-refractivity contribution in [3.8, 4) is 11.5 Å². The van der Waals surface area contributed by atoms with E-state index in [1.165, 1.54) is 33.1 Å². The van der Waals surface area contributed by atoms with Crippen LogP contribution in [0.25, 0.3) is 6.08 Å². The number of rotatable bonds is 5. The SMILES string of the molecule is Cc1ccc(CC=Cc2ccc3c(c2)OCO3)cc1.Cc1ccc(CCI)cc1. The number of benzene rings is 3. The number of allylic oxidation sites excluding steroid dienone is 1. The molecule has 1 aliphatic rings. The van der Waals surface area contributed by atoms with Crippen LogP contribution in [0.2, 0.25) is 0 Å². The summed E-state index contributed by atoms with van der Waals surface area (Å²) >= 11 is 2.40. The molecule has 3 heteroatoms. The standard InChI is InChI=1S/C17H16O2.C9H11I/c1-13-5-7-14(8-6-13)3-2-4-15-9-10-16-17(11-15)19-12-18-16;1-8-2-4-9(5-3-8)6-7-10/h2,4-11H,3,12H2,1H3;2-5H,6-7H2,1H3. The van der Waals surface area contributed by atoms with Gasteiger partial charge in [-0.2, -0.15) is 0 Å². The highest BCUT2D eigenvalue weighted by Gasteiger charge is 2.11. The van der Waals surface area contributed by atoms with E-state index < -0.39 is 0 Å². The lowest BCUT2D eigenvalue weighted by atomic mass is 10.1. The predicted octanol–water partition coefficient (Wildman–Crippen LogP) is 6.95. The Bertz CT molecular complexity index is 928. The van der Waals surface area contributed by atoms with Gasteiger partial charge in [0.15, 0.2) is 11.5 Å². The van der Waals surface area contributed by atoms with E-state index in [1.54, 1.807) is 0 Å². The quantitative estimate of drug-likeness (QED) is 0.280. The normalized spacial score (nSPS) is 12.0. The van der Waals surface area contributed by atoms with E-state index in [1.807, 2.05) is 18.2 Å². The minimum Gasteiger partial charge on any atom is -0.454 e. The molecule has 0 aliphatic carbocycles. The van der Waals surface area contributed by atoms with Gasteiger partial charge in [0.1, 0.15) is 0 Å². The molecule has 1 heterocycles. The van der Waals surface area contributed by atoms with Gasteiger partial charge >= 0.3 is 0 Å². The van der Waals surface area contributed by atoms with Crippen LogP contribution in [0.15, 0.2) is 72.8 Å². The molecule has 150 valence electrons. The Labute approximate surface area is 187 Å². The summed E-state index contributed by atoms with van der Waals surface area (Å²) in [5.41, 5.74) is 6.54. The van der Waals surface area contributed by atoms with E-state index in [9.17, 15) is 0 Å². The minimum absolute atomic E-state index is 0.325. The van der Waals surface area contributed by atoms with Crippen molar-refractivity contribution in [1.29, 1.82) is 0 Å². The number of alkyl halides is 1. The maximum absolute atomic E-state index is 5.36. The van der Waals surface area contributed by atoms with Crippen LogP contribution >= 0.6 is 22.6 Å². The van der Waals surface area contributed by atoms with Gasteiger partial charge < -0.3 is 9.47 Å². The average Bonchev–Trinajstić information content (AvgIpc) is 3.20. The van der Waals surface area contributed by atoms with E-state index in [0.717, 1.165) is 23.5 Å². The maximum Gasteiger partial charge on any atom is 0.231 e. The van der Waals surface area contributed by atoms with Crippen molar-refractivity contribution >= 4 is 28.7 Å². The van der Waals surface area contributed by atoms with Gasteiger partial charge in [-0.15, -0.1) is 0 Å². The molecule has 0 fully saturated rings. The third-order valence-electron chi connectivity index (χ3n) is 4.68. The monoisotopic (exact) mass is 498 g/mol. The Morgan fingerprint density at radius 3 is 2.07 bits per heavy atom. The highest BCUT2D eigenvalue weighted by atomic mass is 127. The second-order valence-electron chi connectivity index (χ2n) is 7.13. The molecule has 0 radical (unpaired) electrons. The fourth-order valence-electron chi connectivity index (χ4n) is 2.94. The number of fused-ring (bicyclic) bond motifs is 1. The predicted molar refractivity (Wildman–Crippen MR) is 130 cm³/mol. The first kappa shape index (κ1) is 21.4. The molecular weight excluding hydrogens is 471 g/mol. The van der Waals surface area contributed by atoms with Crippen LogP contribution in [-0.4, -0.2) is 11.2 Å². The van der Waals surface area contributed by atoms with Crippen LogP contribution in [0.5, 0.6) is 11.5 Å². The number of hydrogen-bond acceptors (Lipinski definition) is 2. The topological polar surface area (TPSA) is 18.5 Å². The van der Waals surface area contributed by atoms with Crippen molar-refractivity contribution in [1.82, 2.24) is 0 Å². The Morgan fingerprint density at radius 1 is 0.793 bits per heavy atom. The van der Waals surface area contributed by atoms with Gasteiger partial charge in [-0.25, -0.2) is 0 Å². The lowest BCUT2D eigenvalue weighted by Gasteiger charge is -1.99. The van der Waals surface area contributed by atoms with Gasteiger partial charge in [-0.3, -0.25) is 0 Å². The first-order valence-corrected chi connectivity index (χ1v) is 11.4. The van der Waals surface area contributed by atoms with Crippen LogP contribution in [0.4, 0.5) is 0 Å². The largest absolute Gasteiger partial charge is 0.454 e. The summed E-state index contributed by atoms with van der Waals surface area (Å²) in [4.78, 5) is 0. The third kappa shape index (κ3) is 6.93. The van der Waals surface area contributed by atoms with Crippen molar-refractivity contribution in [2.24, 2.45) is 0 Å². The summed E-state index contributed by atoms with van der Waals surface area (Å²) in [7, 11) is 0. The molecule has 2 nitrogen and oxygen atoms in total. The molecule has 3 aromatic carbocycles. The Morgan fingerprint density at radius 2 is 1.41 bits per heavy atom. The van der Waals surface area contributed by atoms with Gasteiger partial charge in [0.2, 0.25) is 6.79 Å². The van der Waals surface area contributed by atoms with Crippen LogP contribution in [0, 0.1) is 13.8 Å². The van der Waals surface area contributed by atoms with Crippen LogP contribution < -0.4 is 9.47 Å². The molecule has 0 bridgehead atoms. The second kappa shape index (κ2) is 11.1. The van der Waals surface area contributed by atoms with Crippen LogP contribution in [-0.2, 0) is 12.8 Å². The van der Waals surface area contributed by atoms with Gasteiger partial charge in [-0.1, -0.05) is 100 Å². The maximum atomic E-state index is 5.36. The summed E-state index contributed by atoms with van der Waals surface area (Å²) in [6.07, 6.45) is 6.42. The lowest BCUT2D eigenvalue weighted by Crippen LogP contribution is -1.92. The van der Waals surface area contributed by atoms with E-state index in [-0.39, 0.29) is 0 Å². The fraction of sp³-hybridized carbons (Fsp3) is 0.231. The molecular formula is C26H27IO2. The number of aryl methyl sites for hydroxylation is 3. The molecule has 4 rings (SSSR count). The summed E-state index contributed by atoms with van der Waals surface area (Å²) in [6.45, 7) is 4.55. The highest BCUT2D eigenvalue weighted by Crippen LogP contribution is 2.32. The molecule has 0 saturated heterocycles.